The van der Waals surface area contributed by atoms with Crippen molar-refractivity contribution < 1.29 is 5.11 Å². The van der Waals surface area contributed by atoms with Crippen LogP contribution in [0.5, 0.6) is 0 Å². The molecule has 0 aliphatic rings. The third-order valence-electron chi connectivity index (χ3n) is 1.78. The van der Waals surface area contributed by atoms with E-state index in [1.54, 1.807) is 11.8 Å². The Bertz CT molecular complexity index is 317. The largest absolute Gasteiger partial charge is 0.396 e. The van der Waals surface area contributed by atoms with Crippen LogP contribution in [0.3, 0.4) is 0 Å². The van der Waals surface area contributed by atoms with Gasteiger partial charge in [-0.15, -0.1) is 11.8 Å². The van der Waals surface area contributed by atoms with Gasteiger partial charge in [-0.25, -0.2) is 9.97 Å². The highest BCUT2D eigenvalue weighted by molar-refractivity contribution is 7.99. The van der Waals surface area contributed by atoms with Crippen LogP contribution >= 0.6 is 11.8 Å². The van der Waals surface area contributed by atoms with Gasteiger partial charge in [0.15, 0.2) is 0 Å². The summed E-state index contributed by atoms with van der Waals surface area (Å²) in [6.07, 6.45) is 0. The van der Waals surface area contributed by atoms with Crippen molar-refractivity contribution in [3.05, 3.63) is 11.4 Å². The first-order valence-corrected chi connectivity index (χ1v) is 5.44. The number of nitrogens with one attached hydrogen (secondary N) is 1. The quantitative estimate of drug-likeness (QED) is 0.582. The second-order valence-corrected chi connectivity index (χ2v) is 3.96. The minimum Gasteiger partial charge on any atom is -0.396 e. The molecule has 0 spiro atoms. The number of hydrogen-bond donors (Lipinski definition) is 2. The lowest BCUT2D eigenvalue weighted by Gasteiger charge is -2.09. The summed E-state index contributed by atoms with van der Waals surface area (Å²) in [5.74, 6) is 2.28. The third-order valence-corrected chi connectivity index (χ3v) is 2.84. The monoisotopic (exact) mass is 213 g/mol. The van der Waals surface area contributed by atoms with E-state index in [4.69, 9.17) is 5.11 Å². The molecular weight excluding hydrogens is 198 g/mol. The number of aryl methyl sites for hydroxylation is 1. The average Bonchev–Trinajstić information content (AvgIpc) is 2.18. The minimum atomic E-state index is 0.169. The fourth-order valence-electron chi connectivity index (χ4n) is 1.13. The first-order valence-electron chi connectivity index (χ1n) is 4.45. The maximum Gasteiger partial charge on any atom is 0.133 e. The number of anilines is 1. The maximum absolute atomic E-state index is 8.73. The second kappa shape index (κ2) is 5.17. The van der Waals surface area contributed by atoms with E-state index in [1.807, 2.05) is 20.9 Å². The van der Waals surface area contributed by atoms with Crippen molar-refractivity contribution in [2.45, 2.75) is 18.9 Å². The molecule has 0 aliphatic carbocycles. The summed E-state index contributed by atoms with van der Waals surface area (Å²) in [5.41, 5.74) is 1.04. The topological polar surface area (TPSA) is 58.0 Å². The van der Waals surface area contributed by atoms with E-state index in [0.717, 1.165) is 22.2 Å². The van der Waals surface area contributed by atoms with Gasteiger partial charge in [0, 0.05) is 18.4 Å². The van der Waals surface area contributed by atoms with E-state index < -0.39 is 0 Å². The lowest BCUT2D eigenvalue weighted by Crippen LogP contribution is -2.02. The van der Waals surface area contributed by atoms with Crippen LogP contribution in [-0.2, 0) is 0 Å². The molecule has 0 atom stereocenters. The van der Waals surface area contributed by atoms with Crippen molar-refractivity contribution in [1.82, 2.24) is 9.97 Å². The number of hydrogen-bond acceptors (Lipinski definition) is 5. The van der Waals surface area contributed by atoms with Crippen LogP contribution < -0.4 is 5.32 Å². The molecule has 0 amide bonds. The Morgan fingerprint density at radius 2 is 2.07 bits per heavy atom. The second-order valence-electron chi connectivity index (χ2n) is 2.87. The molecule has 0 radical (unpaired) electrons. The zero-order chi connectivity index (χ0) is 10.6. The van der Waals surface area contributed by atoms with Gasteiger partial charge in [0.1, 0.15) is 16.7 Å². The van der Waals surface area contributed by atoms with Crippen LogP contribution in [0.1, 0.15) is 11.4 Å². The molecule has 4 nitrogen and oxygen atoms in total. The van der Waals surface area contributed by atoms with Crippen molar-refractivity contribution in [2.75, 3.05) is 24.7 Å². The summed E-state index contributed by atoms with van der Waals surface area (Å²) >= 11 is 1.55. The molecule has 0 saturated carbocycles. The summed E-state index contributed by atoms with van der Waals surface area (Å²) in [6, 6.07) is 0. The predicted octanol–water partition coefficient (Wildman–Crippen LogP) is 1.22. The van der Waals surface area contributed by atoms with Gasteiger partial charge in [0.2, 0.25) is 0 Å². The molecule has 1 aromatic rings. The molecule has 0 unspecified atom stereocenters. The molecule has 5 heteroatoms. The summed E-state index contributed by atoms with van der Waals surface area (Å²) in [5, 5.41) is 12.7. The molecule has 0 fully saturated rings. The zero-order valence-corrected chi connectivity index (χ0v) is 9.48. The van der Waals surface area contributed by atoms with Gasteiger partial charge in [-0.1, -0.05) is 0 Å². The van der Waals surface area contributed by atoms with E-state index >= 15 is 0 Å². The molecule has 14 heavy (non-hydrogen) atoms. The average molecular weight is 213 g/mol. The minimum absolute atomic E-state index is 0.169. The highest BCUT2D eigenvalue weighted by atomic mass is 32.2. The number of rotatable bonds is 4. The standard InChI is InChI=1S/C9H15N3OS/c1-6-8(10-3)11-7(2)12-9(6)14-5-4-13/h13H,4-5H2,1-3H3,(H,10,11,12). The van der Waals surface area contributed by atoms with Crippen molar-refractivity contribution in [3.8, 4) is 0 Å². The molecule has 2 N–H and O–H groups in total. The summed E-state index contributed by atoms with van der Waals surface area (Å²) in [6.45, 7) is 4.01. The fourth-order valence-corrected chi connectivity index (χ4v) is 1.92. The van der Waals surface area contributed by atoms with Crippen LogP contribution in [0.4, 0.5) is 5.82 Å². The van der Waals surface area contributed by atoms with E-state index in [0.29, 0.717) is 5.75 Å². The molecule has 1 rings (SSSR count). The van der Waals surface area contributed by atoms with Gasteiger partial charge >= 0.3 is 0 Å². The van der Waals surface area contributed by atoms with Crippen LogP contribution in [0.25, 0.3) is 0 Å². The van der Waals surface area contributed by atoms with Crippen molar-refractivity contribution in [2.24, 2.45) is 0 Å². The fraction of sp³-hybridized carbons (Fsp3) is 0.556. The SMILES string of the molecule is CNc1nc(C)nc(SCCO)c1C. The Morgan fingerprint density at radius 1 is 1.36 bits per heavy atom. The van der Waals surface area contributed by atoms with E-state index in [9.17, 15) is 0 Å². The maximum atomic E-state index is 8.73. The number of aromatic nitrogens is 2. The summed E-state index contributed by atoms with van der Waals surface area (Å²) in [4.78, 5) is 8.58. The number of thioether (sulfide) groups is 1. The highest BCUT2D eigenvalue weighted by Gasteiger charge is 2.07. The van der Waals surface area contributed by atoms with Crippen molar-refractivity contribution in [1.29, 1.82) is 0 Å². The Balaban J connectivity index is 2.96. The van der Waals surface area contributed by atoms with Crippen LogP contribution in [0.2, 0.25) is 0 Å². The summed E-state index contributed by atoms with van der Waals surface area (Å²) < 4.78 is 0. The molecule has 0 aliphatic heterocycles. The van der Waals surface area contributed by atoms with E-state index in [2.05, 4.69) is 15.3 Å². The Hall–Kier alpha value is -0.810. The van der Waals surface area contributed by atoms with Gasteiger partial charge < -0.3 is 10.4 Å². The van der Waals surface area contributed by atoms with E-state index in [-0.39, 0.29) is 6.61 Å². The van der Waals surface area contributed by atoms with Gasteiger partial charge in [0.05, 0.1) is 6.61 Å². The van der Waals surface area contributed by atoms with Crippen molar-refractivity contribution >= 4 is 17.6 Å². The molecule has 78 valence electrons. The first kappa shape index (κ1) is 11.3. The highest BCUT2D eigenvalue weighted by Crippen LogP contribution is 2.24. The lowest BCUT2D eigenvalue weighted by molar-refractivity contribution is 0.322. The smallest absolute Gasteiger partial charge is 0.133 e. The molecule has 1 aromatic heterocycles. The molecule has 0 aromatic carbocycles. The molecule has 0 saturated heterocycles. The van der Waals surface area contributed by atoms with Crippen LogP contribution in [0.15, 0.2) is 5.03 Å². The number of aliphatic hydroxyl groups excluding tert-OH is 1. The number of nitrogens with zero attached hydrogens (tertiary/aromatic N) is 2. The van der Waals surface area contributed by atoms with Gasteiger partial charge in [-0.05, 0) is 13.8 Å². The van der Waals surface area contributed by atoms with Gasteiger partial charge in [0.25, 0.3) is 0 Å². The summed E-state index contributed by atoms with van der Waals surface area (Å²) in [7, 11) is 1.84. The molecular formula is C9H15N3OS. The number of aliphatic hydroxyl groups is 1. The van der Waals surface area contributed by atoms with E-state index in [1.165, 1.54) is 0 Å². The Morgan fingerprint density at radius 3 is 2.64 bits per heavy atom. The molecule has 1 heterocycles. The van der Waals surface area contributed by atoms with Crippen LogP contribution in [-0.4, -0.2) is 34.5 Å². The molecule has 0 bridgehead atoms. The Labute approximate surface area is 88.2 Å². The van der Waals surface area contributed by atoms with Crippen LogP contribution in [0, 0.1) is 13.8 Å². The van der Waals surface area contributed by atoms with Crippen molar-refractivity contribution in [3.63, 3.8) is 0 Å². The predicted molar refractivity (Wildman–Crippen MR) is 58.9 cm³/mol. The Kier molecular flexibility index (Phi) is 4.16. The van der Waals surface area contributed by atoms with Gasteiger partial charge in [-0.3, -0.25) is 0 Å². The van der Waals surface area contributed by atoms with Gasteiger partial charge in [-0.2, -0.15) is 0 Å². The normalized spacial score (nSPS) is 10.3. The lowest BCUT2D eigenvalue weighted by atomic mass is 10.3. The zero-order valence-electron chi connectivity index (χ0n) is 8.66. The third kappa shape index (κ3) is 2.59. The first-order chi connectivity index (χ1) is 6.69.